The number of benzene rings is 2. The first-order valence-corrected chi connectivity index (χ1v) is 9.36. The molecule has 0 spiro atoms. The zero-order valence-electron chi connectivity index (χ0n) is 13.6. The van der Waals surface area contributed by atoms with Gasteiger partial charge in [-0.15, -0.1) is 0 Å². The van der Waals surface area contributed by atoms with Crippen LogP contribution in [0.4, 0.5) is 0 Å². The summed E-state index contributed by atoms with van der Waals surface area (Å²) < 4.78 is 33.4. The molecule has 0 unspecified atom stereocenters. The van der Waals surface area contributed by atoms with Gasteiger partial charge >= 0.3 is 11.6 Å². The first-order valence-electron chi connectivity index (χ1n) is 7.47. The van der Waals surface area contributed by atoms with E-state index in [0.717, 1.165) is 6.26 Å². The lowest BCUT2D eigenvalue weighted by Gasteiger charge is -2.08. The molecule has 7 nitrogen and oxygen atoms in total. The fraction of sp³-hybridized carbons (Fsp3) is 0.111. The third kappa shape index (κ3) is 3.75. The van der Waals surface area contributed by atoms with Crippen molar-refractivity contribution in [2.75, 3.05) is 6.26 Å². The van der Waals surface area contributed by atoms with Crippen LogP contribution in [-0.4, -0.2) is 25.7 Å². The van der Waals surface area contributed by atoms with E-state index < -0.39 is 21.4 Å². The van der Waals surface area contributed by atoms with E-state index >= 15 is 0 Å². The second kappa shape index (κ2) is 6.64. The Hall–Kier alpha value is -3.13. The molecule has 1 N–H and O–H groups in total. The number of sulfone groups is 1. The van der Waals surface area contributed by atoms with Crippen molar-refractivity contribution in [1.82, 2.24) is 0 Å². The zero-order valence-corrected chi connectivity index (χ0v) is 14.4. The highest BCUT2D eigenvalue weighted by Crippen LogP contribution is 2.22. The van der Waals surface area contributed by atoms with Crippen molar-refractivity contribution in [3.8, 4) is 5.75 Å². The average Bonchev–Trinajstić information content (AvgIpc) is 2.58. The van der Waals surface area contributed by atoms with Crippen molar-refractivity contribution in [3.63, 3.8) is 0 Å². The molecule has 3 aromatic rings. The number of phenols is 1. The second-order valence-electron chi connectivity index (χ2n) is 5.65. The summed E-state index contributed by atoms with van der Waals surface area (Å²) in [7, 11) is -3.45. The highest BCUT2D eigenvalue weighted by atomic mass is 32.2. The van der Waals surface area contributed by atoms with Gasteiger partial charge in [0, 0.05) is 29.3 Å². The summed E-state index contributed by atoms with van der Waals surface area (Å²) in [5, 5.41) is 9.99. The lowest BCUT2D eigenvalue weighted by atomic mass is 10.1. The molecule has 0 fully saturated rings. The lowest BCUT2D eigenvalue weighted by molar-refractivity contribution is 0.0473. The van der Waals surface area contributed by atoms with Crippen molar-refractivity contribution < 1.29 is 27.5 Å². The molecule has 26 heavy (non-hydrogen) atoms. The molecule has 0 radical (unpaired) electrons. The number of phenolic OH excluding ortho intramolecular Hbond substituents is 1. The summed E-state index contributed by atoms with van der Waals surface area (Å²) in [5.74, 6) is -0.789. The summed E-state index contributed by atoms with van der Waals surface area (Å²) >= 11 is 0. The monoisotopic (exact) mass is 374 g/mol. The molecule has 0 saturated carbocycles. The molecule has 0 amide bonds. The highest BCUT2D eigenvalue weighted by molar-refractivity contribution is 7.90. The second-order valence-corrected chi connectivity index (χ2v) is 7.66. The summed E-state index contributed by atoms with van der Waals surface area (Å²) in [6.45, 7) is -0.213. The molecule has 3 rings (SSSR count). The van der Waals surface area contributed by atoms with E-state index in [-0.39, 0.29) is 28.4 Å². The average molecular weight is 374 g/mol. The topological polar surface area (TPSA) is 111 Å². The Bertz CT molecular complexity index is 1160. The number of esters is 1. The van der Waals surface area contributed by atoms with Crippen molar-refractivity contribution in [1.29, 1.82) is 0 Å². The predicted octanol–water partition coefficient (Wildman–Crippen LogP) is 2.26. The lowest BCUT2D eigenvalue weighted by Crippen LogP contribution is -2.09. The van der Waals surface area contributed by atoms with Crippen LogP contribution in [-0.2, 0) is 21.2 Å². The van der Waals surface area contributed by atoms with Crippen LogP contribution in [0.5, 0.6) is 5.75 Å². The van der Waals surface area contributed by atoms with Crippen LogP contribution in [0.1, 0.15) is 15.9 Å². The number of ether oxygens (including phenoxy) is 1. The maximum atomic E-state index is 12.2. The van der Waals surface area contributed by atoms with Gasteiger partial charge in [-0.05, 0) is 30.3 Å². The normalized spacial score (nSPS) is 11.4. The van der Waals surface area contributed by atoms with Gasteiger partial charge in [0.1, 0.15) is 17.9 Å². The molecule has 0 aliphatic heterocycles. The van der Waals surface area contributed by atoms with Crippen molar-refractivity contribution in [3.05, 3.63) is 70.1 Å². The van der Waals surface area contributed by atoms with Crippen LogP contribution < -0.4 is 5.63 Å². The van der Waals surface area contributed by atoms with Gasteiger partial charge in [-0.25, -0.2) is 18.0 Å². The van der Waals surface area contributed by atoms with Crippen LogP contribution in [0.25, 0.3) is 11.0 Å². The summed E-state index contributed by atoms with van der Waals surface area (Å²) in [6.07, 6.45) is 1.04. The Kier molecular flexibility index (Phi) is 4.52. The minimum Gasteiger partial charge on any atom is -0.508 e. The molecular weight excluding hydrogens is 360 g/mol. The number of carbonyl (C=O) groups excluding carboxylic acids is 1. The van der Waals surface area contributed by atoms with Crippen LogP contribution >= 0.6 is 0 Å². The Labute approximate surface area is 148 Å². The fourth-order valence-corrected chi connectivity index (χ4v) is 3.09. The van der Waals surface area contributed by atoms with Gasteiger partial charge in [0.25, 0.3) is 0 Å². The standard InChI is InChI=1S/C18H14O7S/c1-26(22,23)14-4-2-3-11(7-14)18(21)24-10-12-8-17(20)25-16-9-13(19)5-6-15(12)16/h2-9,19H,10H2,1H3. The number of hydrogen-bond donors (Lipinski definition) is 1. The number of rotatable bonds is 4. The van der Waals surface area contributed by atoms with E-state index in [4.69, 9.17) is 9.15 Å². The molecule has 8 heteroatoms. The molecular formula is C18H14O7S. The van der Waals surface area contributed by atoms with Crippen LogP contribution in [0.15, 0.2) is 62.6 Å². The summed E-state index contributed by atoms with van der Waals surface area (Å²) in [5.41, 5.74) is 0.0116. The van der Waals surface area contributed by atoms with E-state index in [0.29, 0.717) is 10.9 Å². The van der Waals surface area contributed by atoms with E-state index in [2.05, 4.69) is 0 Å². The first-order chi connectivity index (χ1) is 12.2. The van der Waals surface area contributed by atoms with Gasteiger partial charge in [-0.2, -0.15) is 0 Å². The van der Waals surface area contributed by atoms with Gasteiger partial charge < -0.3 is 14.3 Å². The fourth-order valence-electron chi connectivity index (χ4n) is 2.42. The van der Waals surface area contributed by atoms with Gasteiger partial charge in [-0.1, -0.05) is 6.07 Å². The maximum absolute atomic E-state index is 12.2. The quantitative estimate of drug-likeness (QED) is 0.551. The maximum Gasteiger partial charge on any atom is 0.338 e. The third-order valence-electron chi connectivity index (χ3n) is 3.67. The largest absolute Gasteiger partial charge is 0.508 e. The van der Waals surface area contributed by atoms with Crippen LogP contribution in [0.2, 0.25) is 0 Å². The molecule has 0 aliphatic rings. The predicted molar refractivity (Wildman–Crippen MR) is 92.8 cm³/mol. The van der Waals surface area contributed by atoms with Crippen molar-refractivity contribution in [2.24, 2.45) is 0 Å². The van der Waals surface area contributed by atoms with E-state index in [9.17, 15) is 23.1 Å². The molecule has 134 valence electrons. The molecule has 1 heterocycles. The smallest absolute Gasteiger partial charge is 0.338 e. The van der Waals surface area contributed by atoms with Gasteiger partial charge in [0.2, 0.25) is 0 Å². The Morgan fingerprint density at radius 1 is 1.15 bits per heavy atom. The van der Waals surface area contributed by atoms with Gasteiger partial charge in [0.05, 0.1) is 10.5 Å². The minimum atomic E-state index is -3.45. The molecule has 0 saturated heterocycles. The highest BCUT2D eigenvalue weighted by Gasteiger charge is 2.14. The minimum absolute atomic E-state index is 0.00762. The number of carbonyl (C=O) groups is 1. The van der Waals surface area contributed by atoms with Crippen molar-refractivity contribution >= 4 is 26.8 Å². The van der Waals surface area contributed by atoms with Crippen LogP contribution in [0, 0.1) is 0 Å². The Morgan fingerprint density at radius 2 is 1.92 bits per heavy atom. The van der Waals surface area contributed by atoms with Crippen molar-refractivity contribution in [2.45, 2.75) is 11.5 Å². The Morgan fingerprint density at radius 3 is 2.65 bits per heavy atom. The first kappa shape index (κ1) is 17.7. The molecule has 0 atom stereocenters. The van der Waals surface area contributed by atoms with Gasteiger partial charge in [-0.3, -0.25) is 0 Å². The SMILES string of the molecule is CS(=O)(=O)c1cccc(C(=O)OCc2cc(=O)oc3cc(O)ccc23)c1. The van der Waals surface area contributed by atoms with Crippen LogP contribution in [0.3, 0.4) is 0 Å². The van der Waals surface area contributed by atoms with Gasteiger partial charge in [0.15, 0.2) is 9.84 Å². The molecule has 2 aromatic carbocycles. The number of hydrogen-bond acceptors (Lipinski definition) is 7. The van der Waals surface area contributed by atoms with E-state index in [1.807, 2.05) is 0 Å². The van der Waals surface area contributed by atoms with E-state index in [1.54, 1.807) is 6.07 Å². The zero-order chi connectivity index (χ0) is 18.9. The Balaban J connectivity index is 1.87. The molecule has 0 bridgehead atoms. The summed E-state index contributed by atoms with van der Waals surface area (Å²) in [4.78, 5) is 23.9. The summed E-state index contributed by atoms with van der Waals surface area (Å²) in [6, 6.07) is 10.9. The number of fused-ring (bicyclic) bond motifs is 1. The third-order valence-corrected chi connectivity index (χ3v) is 4.78. The van der Waals surface area contributed by atoms with E-state index in [1.165, 1.54) is 42.5 Å². The molecule has 0 aliphatic carbocycles. The molecule has 1 aromatic heterocycles. The number of aromatic hydroxyl groups is 1.